The van der Waals surface area contributed by atoms with Crippen molar-refractivity contribution in [3.05, 3.63) is 58.3 Å². The lowest BCUT2D eigenvalue weighted by molar-refractivity contribution is -0.119. The molecule has 1 N–H and O–H groups in total. The number of rotatable bonds is 4. The zero-order valence-electron chi connectivity index (χ0n) is 13.9. The van der Waals surface area contributed by atoms with Crippen LogP contribution in [-0.2, 0) is 4.79 Å². The number of hydrogen-bond acceptors (Lipinski definition) is 4. The van der Waals surface area contributed by atoms with Crippen molar-refractivity contribution in [3.63, 3.8) is 0 Å². The molecule has 1 atom stereocenters. The molecule has 136 valence electrons. The first kappa shape index (κ1) is 18.7. The van der Waals surface area contributed by atoms with Gasteiger partial charge in [0.25, 0.3) is 5.91 Å². The van der Waals surface area contributed by atoms with E-state index in [1.807, 2.05) is 0 Å². The fourth-order valence-electron chi connectivity index (χ4n) is 2.58. The molecule has 1 aliphatic heterocycles. The van der Waals surface area contributed by atoms with Gasteiger partial charge in [-0.25, -0.2) is 4.39 Å². The van der Waals surface area contributed by atoms with Crippen molar-refractivity contribution in [2.75, 3.05) is 24.1 Å². The molecule has 0 radical (unpaired) electrons. The van der Waals surface area contributed by atoms with Crippen LogP contribution in [0.1, 0.15) is 10.4 Å². The monoisotopic (exact) mass is 438 g/mol. The maximum atomic E-state index is 14.1. The number of halogens is 2. The lowest BCUT2D eigenvalue weighted by Crippen LogP contribution is -2.44. The van der Waals surface area contributed by atoms with Crippen molar-refractivity contribution >= 4 is 45.2 Å². The van der Waals surface area contributed by atoms with Gasteiger partial charge in [-0.3, -0.25) is 9.59 Å². The van der Waals surface area contributed by atoms with Crippen LogP contribution in [0.2, 0.25) is 0 Å². The molecule has 1 heterocycles. The van der Waals surface area contributed by atoms with E-state index in [4.69, 9.17) is 4.74 Å². The average molecular weight is 439 g/mol. The molecule has 1 saturated heterocycles. The Morgan fingerprint density at radius 2 is 2.00 bits per heavy atom. The molecule has 5 nitrogen and oxygen atoms in total. The van der Waals surface area contributed by atoms with Crippen LogP contribution < -0.4 is 10.1 Å². The molecular formula is C18H16BrFN2O3S. The molecule has 0 spiro atoms. The molecule has 0 aromatic heterocycles. The Labute approximate surface area is 163 Å². The summed E-state index contributed by atoms with van der Waals surface area (Å²) in [6.45, 7) is 0. The summed E-state index contributed by atoms with van der Waals surface area (Å²) in [5.74, 6) is 0.0828. The molecule has 2 aromatic carbocycles. The molecule has 2 amide bonds. The fraction of sp³-hybridized carbons (Fsp3) is 0.222. The number of ether oxygens (including phenoxy) is 1. The van der Waals surface area contributed by atoms with Crippen molar-refractivity contribution in [2.45, 2.75) is 6.04 Å². The van der Waals surface area contributed by atoms with Gasteiger partial charge in [0, 0.05) is 15.9 Å². The average Bonchev–Trinajstić information content (AvgIpc) is 3.12. The number of methoxy groups -OCH3 is 1. The summed E-state index contributed by atoms with van der Waals surface area (Å²) in [6, 6.07) is 10.5. The lowest BCUT2D eigenvalue weighted by atomic mass is 10.1. The van der Waals surface area contributed by atoms with Crippen LogP contribution in [0.3, 0.4) is 0 Å². The van der Waals surface area contributed by atoms with Crippen LogP contribution in [0.4, 0.5) is 10.1 Å². The Balaban J connectivity index is 1.74. The van der Waals surface area contributed by atoms with E-state index in [2.05, 4.69) is 21.2 Å². The summed E-state index contributed by atoms with van der Waals surface area (Å²) in [5, 5.41) is 2.79. The van der Waals surface area contributed by atoms with Gasteiger partial charge in [-0.1, -0.05) is 15.9 Å². The number of thioether (sulfide) groups is 1. The van der Waals surface area contributed by atoms with Gasteiger partial charge in [0.15, 0.2) is 0 Å². The number of nitrogens with zero attached hydrogens (tertiary/aromatic N) is 1. The normalized spacial score (nSPS) is 16.4. The Morgan fingerprint density at radius 1 is 1.27 bits per heavy atom. The van der Waals surface area contributed by atoms with Crippen LogP contribution >= 0.6 is 27.7 Å². The minimum Gasteiger partial charge on any atom is -0.497 e. The summed E-state index contributed by atoms with van der Waals surface area (Å²) in [7, 11) is 1.56. The van der Waals surface area contributed by atoms with Gasteiger partial charge in [0.1, 0.15) is 17.6 Å². The van der Waals surface area contributed by atoms with E-state index in [9.17, 15) is 14.0 Å². The van der Waals surface area contributed by atoms with Gasteiger partial charge >= 0.3 is 0 Å². The molecule has 2 aromatic rings. The second kappa shape index (κ2) is 8.09. The third-order valence-corrected chi connectivity index (χ3v) is 5.47. The molecule has 0 saturated carbocycles. The van der Waals surface area contributed by atoms with Crippen molar-refractivity contribution in [3.8, 4) is 5.75 Å². The Kier molecular flexibility index (Phi) is 5.83. The van der Waals surface area contributed by atoms with E-state index < -0.39 is 17.8 Å². The molecule has 3 rings (SSSR count). The number of amides is 2. The second-order valence-electron chi connectivity index (χ2n) is 5.63. The topological polar surface area (TPSA) is 58.6 Å². The highest BCUT2D eigenvalue weighted by molar-refractivity contribution is 9.10. The number of carbonyl (C=O) groups excluding carboxylic acids is 2. The minimum atomic E-state index is -0.655. The van der Waals surface area contributed by atoms with E-state index in [0.717, 1.165) is 0 Å². The van der Waals surface area contributed by atoms with E-state index in [-0.39, 0.29) is 11.5 Å². The van der Waals surface area contributed by atoms with Gasteiger partial charge in [0.2, 0.25) is 5.91 Å². The minimum absolute atomic E-state index is 0.0436. The van der Waals surface area contributed by atoms with Gasteiger partial charge in [-0.15, -0.1) is 11.8 Å². The predicted octanol–water partition coefficient (Wildman–Crippen LogP) is 3.75. The lowest BCUT2D eigenvalue weighted by Gasteiger charge is -2.23. The quantitative estimate of drug-likeness (QED) is 0.789. The Hall–Kier alpha value is -2.06. The van der Waals surface area contributed by atoms with Crippen LogP contribution in [0.5, 0.6) is 5.75 Å². The predicted molar refractivity (Wildman–Crippen MR) is 103 cm³/mol. The van der Waals surface area contributed by atoms with Crippen molar-refractivity contribution in [1.29, 1.82) is 0 Å². The van der Waals surface area contributed by atoms with Gasteiger partial charge in [0.05, 0.1) is 18.6 Å². The smallest absolute Gasteiger partial charge is 0.258 e. The van der Waals surface area contributed by atoms with E-state index >= 15 is 0 Å². The molecule has 1 aliphatic rings. The number of hydrogen-bond donors (Lipinski definition) is 1. The third kappa shape index (κ3) is 4.02. The molecule has 8 heteroatoms. The maximum Gasteiger partial charge on any atom is 0.258 e. The summed E-state index contributed by atoms with van der Waals surface area (Å²) in [5.41, 5.74) is 0.563. The van der Waals surface area contributed by atoms with Crippen molar-refractivity contribution in [2.24, 2.45) is 0 Å². The van der Waals surface area contributed by atoms with Gasteiger partial charge in [-0.2, -0.15) is 0 Å². The van der Waals surface area contributed by atoms with E-state index in [0.29, 0.717) is 27.5 Å². The molecule has 26 heavy (non-hydrogen) atoms. The van der Waals surface area contributed by atoms with Gasteiger partial charge < -0.3 is 15.0 Å². The Morgan fingerprint density at radius 3 is 2.65 bits per heavy atom. The number of anilines is 1. The van der Waals surface area contributed by atoms with Gasteiger partial charge in [-0.05, 0) is 42.5 Å². The summed E-state index contributed by atoms with van der Waals surface area (Å²) in [4.78, 5) is 26.7. The highest BCUT2D eigenvalue weighted by atomic mass is 79.9. The first-order valence-corrected chi connectivity index (χ1v) is 9.73. The van der Waals surface area contributed by atoms with Crippen molar-refractivity contribution < 1.29 is 18.7 Å². The molecule has 1 fully saturated rings. The van der Waals surface area contributed by atoms with E-state index in [1.54, 1.807) is 37.4 Å². The summed E-state index contributed by atoms with van der Waals surface area (Å²) in [6.07, 6.45) is 0. The SMILES string of the molecule is COc1ccc(NC(=O)C2CSCN2C(=O)c2ccc(Br)cc2F)cc1. The van der Waals surface area contributed by atoms with Crippen LogP contribution in [-0.4, -0.2) is 41.5 Å². The number of carbonyl (C=O) groups is 2. The number of nitrogens with one attached hydrogen (secondary N) is 1. The zero-order chi connectivity index (χ0) is 18.7. The van der Waals surface area contributed by atoms with Crippen LogP contribution in [0.25, 0.3) is 0 Å². The van der Waals surface area contributed by atoms with Crippen LogP contribution in [0, 0.1) is 5.82 Å². The van der Waals surface area contributed by atoms with E-state index in [1.165, 1.54) is 28.8 Å². The van der Waals surface area contributed by atoms with Crippen molar-refractivity contribution in [1.82, 2.24) is 4.90 Å². The largest absolute Gasteiger partial charge is 0.497 e. The standard InChI is InChI=1S/C18H16BrFN2O3S/c1-25-13-5-3-12(4-6-13)21-17(23)16-9-26-10-22(16)18(24)14-7-2-11(19)8-15(14)20/h2-8,16H,9-10H2,1H3,(H,21,23). The third-order valence-electron chi connectivity index (χ3n) is 3.96. The van der Waals surface area contributed by atoms with Crippen LogP contribution in [0.15, 0.2) is 46.9 Å². The molecule has 0 bridgehead atoms. The molecular weight excluding hydrogens is 423 g/mol. The highest BCUT2D eigenvalue weighted by Crippen LogP contribution is 2.26. The summed E-state index contributed by atoms with van der Waals surface area (Å²) >= 11 is 4.63. The summed E-state index contributed by atoms with van der Waals surface area (Å²) < 4.78 is 19.7. The first-order valence-electron chi connectivity index (χ1n) is 7.78. The molecule has 1 unspecified atom stereocenters. The fourth-order valence-corrected chi connectivity index (χ4v) is 4.06. The zero-order valence-corrected chi connectivity index (χ0v) is 16.3. The second-order valence-corrected chi connectivity index (χ2v) is 7.55. The Bertz CT molecular complexity index is 832. The first-order chi connectivity index (χ1) is 12.5. The highest BCUT2D eigenvalue weighted by Gasteiger charge is 2.36. The molecule has 0 aliphatic carbocycles. The maximum absolute atomic E-state index is 14.1. The number of benzene rings is 2.